The molecule has 27 heavy (non-hydrogen) atoms. The number of nitrogens with one attached hydrogen (secondary N) is 1. The minimum Gasteiger partial charge on any atom is -0.493 e. The molecule has 0 spiro atoms. The number of ether oxygens (including phenoxy) is 2. The van der Waals surface area contributed by atoms with Crippen LogP contribution in [0.5, 0.6) is 11.5 Å². The Morgan fingerprint density at radius 2 is 1.67 bits per heavy atom. The Hall–Kier alpha value is -3.01. The van der Waals surface area contributed by atoms with Gasteiger partial charge in [-0.05, 0) is 49.2 Å². The predicted octanol–water partition coefficient (Wildman–Crippen LogP) is 5.64. The number of hydrogen-bond donors (Lipinski definition) is 1. The number of halogens is 1. The highest BCUT2D eigenvalue weighted by Gasteiger charge is 2.12. The van der Waals surface area contributed by atoms with Crippen molar-refractivity contribution in [3.63, 3.8) is 0 Å². The van der Waals surface area contributed by atoms with Gasteiger partial charge in [-0.25, -0.2) is 4.39 Å². The highest BCUT2D eigenvalue weighted by atomic mass is 19.1. The van der Waals surface area contributed by atoms with E-state index in [1.165, 1.54) is 17.2 Å². The van der Waals surface area contributed by atoms with Crippen LogP contribution in [-0.4, -0.2) is 7.11 Å². The molecule has 3 aromatic rings. The second kappa shape index (κ2) is 8.58. The second-order valence-electron chi connectivity index (χ2n) is 6.48. The first-order chi connectivity index (χ1) is 13.1. The standard InChI is InChI=1S/C23H24FNO2/c1-16-11-12-20(13-17(16)2)25-14-18-8-6-10-22(26-3)23(18)27-15-19-7-4-5-9-21(19)24/h4-13,25H,14-15H2,1-3H3. The van der Waals surface area contributed by atoms with Crippen molar-refractivity contribution in [1.29, 1.82) is 0 Å². The van der Waals surface area contributed by atoms with Crippen LogP contribution >= 0.6 is 0 Å². The van der Waals surface area contributed by atoms with E-state index in [4.69, 9.17) is 9.47 Å². The van der Waals surface area contributed by atoms with E-state index in [0.29, 0.717) is 23.6 Å². The van der Waals surface area contributed by atoms with Crippen LogP contribution < -0.4 is 14.8 Å². The monoisotopic (exact) mass is 365 g/mol. The van der Waals surface area contributed by atoms with Gasteiger partial charge in [-0.15, -0.1) is 0 Å². The Labute approximate surface area is 159 Å². The minimum absolute atomic E-state index is 0.143. The maximum absolute atomic E-state index is 13.9. The van der Waals surface area contributed by atoms with Crippen molar-refractivity contribution in [2.45, 2.75) is 27.0 Å². The molecule has 0 saturated carbocycles. The smallest absolute Gasteiger partial charge is 0.166 e. The molecule has 0 radical (unpaired) electrons. The van der Waals surface area contributed by atoms with Crippen LogP contribution in [0.25, 0.3) is 0 Å². The molecule has 0 heterocycles. The summed E-state index contributed by atoms with van der Waals surface area (Å²) in [5, 5.41) is 3.42. The fraction of sp³-hybridized carbons (Fsp3) is 0.217. The Balaban J connectivity index is 1.78. The van der Waals surface area contributed by atoms with E-state index in [2.05, 4.69) is 37.4 Å². The van der Waals surface area contributed by atoms with Gasteiger partial charge >= 0.3 is 0 Å². The van der Waals surface area contributed by atoms with Gasteiger partial charge in [0.05, 0.1) is 7.11 Å². The fourth-order valence-electron chi connectivity index (χ4n) is 2.84. The lowest BCUT2D eigenvalue weighted by atomic mass is 10.1. The fourth-order valence-corrected chi connectivity index (χ4v) is 2.84. The number of benzene rings is 3. The summed E-state index contributed by atoms with van der Waals surface area (Å²) in [6, 6.07) is 18.6. The van der Waals surface area contributed by atoms with Crippen molar-refractivity contribution in [3.8, 4) is 11.5 Å². The van der Waals surface area contributed by atoms with Gasteiger partial charge in [0.1, 0.15) is 12.4 Å². The third kappa shape index (κ3) is 4.59. The average Bonchev–Trinajstić information content (AvgIpc) is 2.68. The molecule has 0 saturated heterocycles. The molecule has 0 aliphatic rings. The summed E-state index contributed by atoms with van der Waals surface area (Å²) in [6.45, 7) is 4.90. The summed E-state index contributed by atoms with van der Waals surface area (Å²) in [5.74, 6) is 0.979. The van der Waals surface area contributed by atoms with Crippen molar-refractivity contribution in [2.24, 2.45) is 0 Å². The first-order valence-corrected chi connectivity index (χ1v) is 8.91. The summed E-state index contributed by atoms with van der Waals surface area (Å²) < 4.78 is 25.3. The number of aryl methyl sites for hydroxylation is 2. The van der Waals surface area contributed by atoms with Crippen LogP contribution in [-0.2, 0) is 13.2 Å². The lowest BCUT2D eigenvalue weighted by Crippen LogP contribution is -2.06. The number of hydrogen-bond acceptors (Lipinski definition) is 3. The van der Waals surface area contributed by atoms with Gasteiger partial charge in [-0.2, -0.15) is 0 Å². The quantitative estimate of drug-likeness (QED) is 0.587. The van der Waals surface area contributed by atoms with Crippen molar-refractivity contribution in [2.75, 3.05) is 12.4 Å². The molecular weight excluding hydrogens is 341 g/mol. The van der Waals surface area contributed by atoms with E-state index in [1.54, 1.807) is 25.3 Å². The first-order valence-electron chi connectivity index (χ1n) is 8.91. The molecule has 0 aromatic heterocycles. The van der Waals surface area contributed by atoms with Crippen LogP contribution in [0, 0.1) is 19.7 Å². The molecule has 0 aliphatic heterocycles. The minimum atomic E-state index is -0.276. The van der Waals surface area contributed by atoms with Crippen molar-refractivity contribution < 1.29 is 13.9 Å². The number of rotatable bonds is 7. The Morgan fingerprint density at radius 3 is 2.41 bits per heavy atom. The SMILES string of the molecule is COc1cccc(CNc2ccc(C)c(C)c2)c1OCc1ccccc1F. The third-order valence-corrected chi connectivity index (χ3v) is 4.60. The van der Waals surface area contributed by atoms with Crippen molar-refractivity contribution in [3.05, 3.63) is 88.7 Å². The largest absolute Gasteiger partial charge is 0.493 e. The van der Waals surface area contributed by atoms with E-state index in [0.717, 1.165) is 11.3 Å². The van der Waals surface area contributed by atoms with Gasteiger partial charge in [0.2, 0.25) is 0 Å². The third-order valence-electron chi connectivity index (χ3n) is 4.60. The van der Waals surface area contributed by atoms with Crippen LogP contribution in [0.15, 0.2) is 60.7 Å². The van der Waals surface area contributed by atoms with Gasteiger partial charge in [0.15, 0.2) is 11.5 Å². The van der Waals surface area contributed by atoms with Gasteiger partial charge in [0.25, 0.3) is 0 Å². The second-order valence-corrected chi connectivity index (χ2v) is 6.48. The molecule has 140 valence electrons. The highest BCUT2D eigenvalue weighted by molar-refractivity contribution is 5.52. The molecule has 1 N–H and O–H groups in total. The summed E-state index contributed by atoms with van der Waals surface area (Å²) in [7, 11) is 1.60. The Kier molecular flexibility index (Phi) is 5.97. The normalized spacial score (nSPS) is 10.5. The summed E-state index contributed by atoms with van der Waals surface area (Å²) >= 11 is 0. The van der Waals surface area contributed by atoms with Gasteiger partial charge < -0.3 is 14.8 Å². The molecule has 0 unspecified atom stereocenters. The zero-order valence-electron chi connectivity index (χ0n) is 15.9. The molecule has 3 nitrogen and oxygen atoms in total. The lowest BCUT2D eigenvalue weighted by molar-refractivity contribution is 0.277. The van der Waals surface area contributed by atoms with E-state index in [-0.39, 0.29) is 12.4 Å². The van der Waals surface area contributed by atoms with Gasteiger partial charge in [-0.3, -0.25) is 0 Å². The van der Waals surface area contributed by atoms with E-state index in [1.807, 2.05) is 18.2 Å². The maximum atomic E-state index is 13.9. The summed E-state index contributed by atoms with van der Waals surface area (Å²) in [6.07, 6.45) is 0. The van der Waals surface area contributed by atoms with E-state index < -0.39 is 0 Å². The summed E-state index contributed by atoms with van der Waals surface area (Å²) in [4.78, 5) is 0. The number of methoxy groups -OCH3 is 1. The lowest BCUT2D eigenvalue weighted by Gasteiger charge is -2.16. The Bertz CT molecular complexity index is 924. The van der Waals surface area contributed by atoms with E-state index in [9.17, 15) is 4.39 Å². The number of anilines is 1. The topological polar surface area (TPSA) is 30.5 Å². The highest BCUT2D eigenvalue weighted by Crippen LogP contribution is 2.32. The molecule has 0 aliphatic carbocycles. The molecule has 0 fully saturated rings. The van der Waals surface area contributed by atoms with Crippen LogP contribution in [0.4, 0.5) is 10.1 Å². The molecule has 3 rings (SSSR count). The number of para-hydroxylation sites is 1. The van der Waals surface area contributed by atoms with Crippen molar-refractivity contribution in [1.82, 2.24) is 0 Å². The molecule has 3 aromatic carbocycles. The predicted molar refractivity (Wildman–Crippen MR) is 107 cm³/mol. The average molecular weight is 365 g/mol. The van der Waals surface area contributed by atoms with Crippen molar-refractivity contribution >= 4 is 5.69 Å². The first kappa shape index (κ1) is 18.8. The van der Waals surface area contributed by atoms with Crippen LogP contribution in [0.2, 0.25) is 0 Å². The molecule has 0 bridgehead atoms. The molecule has 4 heteroatoms. The van der Waals surface area contributed by atoms with Gasteiger partial charge in [0, 0.05) is 23.4 Å². The molecule has 0 amide bonds. The zero-order valence-corrected chi connectivity index (χ0v) is 15.9. The zero-order chi connectivity index (χ0) is 19.2. The molecular formula is C23H24FNO2. The summed E-state index contributed by atoms with van der Waals surface area (Å²) in [5.41, 5.74) is 5.00. The van der Waals surface area contributed by atoms with Crippen LogP contribution in [0.1, 0.15) is 22.3 Å². The van der Waals surface area contributed by atoms with Crippen LogP contribution in [0.3, 0.4) is 0 Å². The van der Waals surface area contributed by atoms with E-state index >= 15 is 0 Å². The van der Waals surface area contributed by atoms with Gasteiger partial charge in [-0.1, -0.05) is 36.4 Å². The Morgan fingerprint density at radius 1 is 0.889 bits per heavy atom. The maximum Gasteiger partial charge on any atom is 0.166 e. The molecule has 0 atom stereocenters.